The highest BCUT2D eigenvalue weighted by Gasteiger charge is 2.32. The monoisotopic (exact) mass is 582 g/mol. The average Bonchev–Trinajstić information content (AvgIpc) is 3.81. The van der Waals surface area contributed by atoms with Gasteiger partial charge in [-0.2, -0.15) is 13.2 Å². The van der Waals surface area contributed by atoms with E-state index in [1.54, 1.807) is 31.5 Å². The van der Waals surface area contributed by atoms with Crippen molar-refractivity contribution in [2.24, 2.45) is 11.8 Å². The second kappa shape index (κ2) is 12.9. The summed E-state index contributed by atoms with van der Waals surface area (Å²) in [4.78, 5) is 29.5. The van der Waals surface area contributed by atoms with Crippen LogP contribution >= 0.6 is 0 Å². The van der Waals surface area contributed by atoms with Crippen molar-refractivity contribution < 1.29 is 32.2 Å². The molecule has 0 spiro atoms. The lowest BCUT2D eigenvalue weighted by molar-refractivity contribution is -0.137. The van der Waals surface area contributed by atoms with Crippen molar-refractivity contribution in [1.82, 2.24) is 10.3 Å². The summed E-state index contributed by atoms with van der Waals surface area (Å²) in [6.45, 7) is 1.13. The third-order valence-electron chi connectivity index (χ3n) is 7.34. The minimum Gasteiger partial charge on any atom is -0.457 e. The van der Waals surface area contributed by atoms with E-state index in [1.165, 1.54) is 0 Å². The van der Waals surface area contributed by atoms with Crippen LogP contribution in [-0.2, 0) is 39.9 Å². The van der Waals surface area contributed by atoms with E-state index in [1.807, 2.05) is 18.2 Å². The average molecular weight is 583 g/mol. The number of benzene rings is 2. The first-order valence-electron chi connectivity index (χ1n) is 14.0. The molecule has 1 unspecified atom stereocenters. The lowest BCUT2D eigenvalue weighted by atomic mass is 9.83. The molecule has 0 radical (unpaired) electrons. The number of fused-ring (bicyclic) bond motifs is 1. The number of ether oxygens (including phenoxy) is 2. The summed E-state index contributed by atoms with van der Waals surface area (Å²) in [6, 6.07) is 12.7. The van der Waals surface area contributed by atoms with Crippen molar-refractivity contribution >= 4 is 23.3 Å². The number of nitrogens with one attached hydrogen (secondary N) is 3. The number of halogens is 3. The number of pyridine rings is 1. The predicted octanol–water partition coefficient (Wildman–Crippen LogP) is 5.72. The Hall–Kier alpha value is -3.96. The number of rotatable bonds is 11. The zero-order chi connectivity index (χ0) is 29.7. The van der Waals surface area contributed by atoms with Gasteiger partial charge in [0.1, 0.15) is 17.3 Å². The Morgan fingerprint density at radius 2 is 1.71 bits per heavy atom. The number of nitrogens with zero attached hydrogens (tertiary/aromatic N) is 1. The molecule has 11 heteroatoms. The maximum atomic E-state index is 13.6. The first-order chi connectivity index (χ1) is 20.2. The van der Waals surface area contributed by atoms with Gasteiger partial charge in [0.2, 0.25) is 11.8 Å². The van der Waals surface area contributed by atoms with Crippen LogP contribution in [0.5, 0.6) is 11.5 Å². The number of aryl methyl sites for hydroxylation is 1. The van der Waals surface area contributed by atoms with E-state index in [0.717, 1.165) is 36.1 Å². The highest BCUT2D eigenvalue weighted by molar-refractivity contribution is 5.93. The van der Waals surface area contributed by atoms with Crippen molar-refractivity contribution in [3.05, 3.63) is 77.0 Å². The highest BCUT2D eigenvalue weighted by atomic mass is 19.4. The Morgan fingerprint density at radius 1 is 0.929 bits per heavy atom. The van der Waals surface area contributed by atoms with Crippen molar-refractivity contribution in [1.29, 1.82) is 0 Å². The lowest BCUT2D eigenvalue weighted by Crippen LogP contribution is -2.28. The lowest BCUT2D eigenvalue weighted by Gasteiger charge is -2.25. The zero-order valence-electron chi connectivity index (χ0n) is 23.2. The molecule has 42 heavy (non-hydrogen) atoms. The van der Waals surface area contributed by atoms with Crippen LogP contribution in [0.3, 0.4) is 0 Å². The molecule has 5 rings (SSSR count). The fourth-order valence-electron chi connectivity index (χ4n) is 4.95. The largest absolute Gasteiger partial charge is 0.457 e. The van der Waals surface area contributed by atoms with Crippen LogP contribution < -0.4 is 20.7 Å². The third-order valence-corrected chi connectivity index (χ3v) is 7.34. The summed E-state index contributed by atoms with van der Waals surface area (Å²) in [5, 5.41) is 8.56. The Balaban J connectivity index is 1.24. The summed E-state index contributed by atoms with van der Waals surface area (Å²) in [5.41, 5.74) is 1.76. The van der Waals surface area contributed by atoms with E-state index in [9.17, 15) is 22.8 Å². The van der Waals surface area contributed by atoms with Crippen LogP contribution in [0, 0.1) is 11.8 Å². The molecule has 2 aliphatic rings. The minimum atomic E-state index is -4.54. The van der Waals surface area contributed by atoms with Gasteiger partial charge in [0.05, 0.1) is 12.2 Å². The van der Waals surface area contributed by atoms with Crippen LogP contribution in [0.1, 0.15) is 41.5 Å². The van der Waals surface area contributed by atoms with Crippen molar-refractivity contribution in [3.63, 3.8) is 0 Å². The van der Waals surface area contributed by atoms with E-state index in [4.69, 9.17) is 9.47 Å². The number of methoxy groups -OCH3 is 1. The van der Waals surface area contributed by atoms with Gasteiger partial charge in [-0.25, -0.2) is 4.98 Å². The maximum Gasteiger partial charge on any atom is 0.416 e. The summed E-state index contributed by atoms with van der Waals surface area (Å²) in [5.74, 6) is 0.786. The molecule has 1 saturated carbocycles. The molecule has 2 aliphatic carbocycles. The van der Waals surface area contributed by atoms with Gasteiger partial charge in [0, 0.05) is 50.0 Å². The second-order valence-electron chi connectivity index (χ2n) is 10.7. The number of aromatic nitrogens is 1. The predicted molar refractivity (Wildman–Crippen MR) is 151 cm³/mol. The van der Waals surface area contributed by atoms with Crippen LogP contribution in [0.15, 0.2) is 54.7 Å². The van der Waals surface area contributed by atoms with Crippen LogP contribution in [0.4, 0.5) is 24.7 Å². The van der Waals surface area contributed by atoms with Gasteiger partial charge in [-0.15, -0.1) is 0 Å². The number of carbonyl (C=O) groups is 2. The highest BCUT2D eigenvalue weighted by Crippen LogP contribution is 2.35. The summed E-state index contributed by atoms with van der Waals surface area (Å²) in [7, 11) is 1.55. The fraction of sp³-hybridized carbons (Fsp3) is 0.387. The van der Waals surface area contributed by atoms with Crippen molar-refractivity contribution in [2.45, 2.75) is 44.8 Å². The van der Waals surface area contributed by atoms with Gasteiger partial charge in [0.25, 0.3) is 0 Å². The number of anilines is 2. The van der Waals surface area contributed by atoms with Gasteiger partial charge >= 0.3 is 6.18 Å². The molecule has 1 heterocycles. The number of alkyl halides is 3. The molecule has 0 aliphatic heterocycles. The van der Waals surface area contributed by atoms with E-state index >= 15 is 0 Å². The number of hydrogen-bond acceptors (Lipinski definition) is 6. The molecular formula is C31H33F3N4O4. The van der Waals surface area contributed by atoms with Crippen LogP contribution in [-0.4, -0.2) is 37.1 Å². The number of hydrogen-bond donors (Lipinski definition) is 3. The molecule has 3 aromatic rings. The van der Waals surface area contributed by atoms with Gasteiger partial charge in [-0.1, -0.05) is 6.07 Å². The standard InChI is InChI=1S/C31H33F3N4O4/c1-41-11-10-35-18-19-12-24(31(32,33)34)16-25(13-19)37-30(40)22-5-2-20-6-7-26(15-23(20)14-22)42-27-8-9-36-28(17-27)38-29(39)21-3-4-21/h6-9,12-13,15-17,21-22,35H,2-5,10-11,14,18H2,1H3,(H,37,40)(H,36,38,39). The van der Waals surface area contributed by atoms with E-state index < -0.39 is 17.7 Å². The summed E-state index contributed by atoms with van der Waals surface area (Å²) in [6.07, 6.45) is 0.483. The molecule has 0 bridgehead atoms. The molecule has 3 N–H and O–H groups in total. The Morgan fingerprint density at radius 3 is 2.48 bits per heavy atom. The molecular weight excluding hydrogens is 549 g/mol. The Kier molecular flexibility index (Phi) is 9.08. The van der Waals surface area contributed by atoms with E-state index in [0.29, 0.717) is 55.3 Å². The van der Waals surface area contributed by atoms with Crippen LogP contribution in [0.25, 0.3) is 0 Å². The van der Waals surface area contributed by atoms with Gasteiger partial charge in [0.15, 0.2) is 0 Å². The van der Waals surface area contributed by atoms with Crippen LogP contribution in [0.2, 0.25) is 0 Å². The molecule has 222 valence electrons. The smallest absolute Gasteiger partial charge is 0.416 e. The second-order valence-corrected chi connectivity index (χ2v) is 10.7. The molecule has 8 nitrogen and oxygen atoms in total. The van der Waals surface area contributed by atoms with Gasteiger partial charge < -0.3 is 25.4 Å². The normalized spacial score (nSPS) is 16.4. The number of amides is 2. The minimum absolute atomic E-state index is 0.0437. The molecule has 1 atom stereocenters. The zero-order valence-corrected chi connectivity index (χ0v) is 23.2. The molecule has 2 amide bonds. The van der Waals surface area contributed by atoms with E-state index in [2.05, 4.69) is 20.9 Å². The third kappa shape index (κ3) is 7.86. The van der Waals surface area contributed by atoms with Crippen molar-refractivity contribution in [3.8, 4) is 11.5 Å². The summed E-state index contributed by atoms with van der Waals surface area (Å²) < 4.78 is 51.7. The molecule has 0 saturated heterocycles. The fourth-order valence-corrected chi connectivity index (χ4v) is 4.95. The first kappa shape index (κ1) is 29.5. The van der Waals surface area contributed by atoms with Gasteiger partial charge in [-0.05, 0) is 85.2 Å². The quantitative estimate of drug-likeness (QED) is 0.250. The van der Waals surface area contributed by atoms with E-state index in [-0.39, 0.29) is 30.0 Å². The summed E-state index contributed by atoms with van der Waals surface area (Å²) >= 11 is 0. The first-order valence-corrected chi connectivity index (χ1v) is 14.0. The number of carbonyl (C=O) groups excluding carboxylic acids is 2. The van der Waals surface area contributed by atoms with Crippen molar-refractivity contribution in [2.75, 3.05) is 30.9 Å². The Bertz CT molecular complexity index is 1440. The molecule has 2 aromatic carbocycles. The van der Waals surface area contributed by atoms with Gasteiger partial charge in [-0.3, -0.25) is 9.59 Å². The topological polar surface area (TPSA) is 102 Å². The molecule has 1 aromatic heterocycles. The Labute approximate surface area is 242 Å². The SMILES string of the molecule is COCCNCc1cc(NC(=O)C2CCc3ccc(Oc4ccnc(NC(=O)C5CC5)c4)cc3C2)cc(C(F)(F)F)c1. The maximum absolute atomic E-state index is 13.6. The molecule has 1 fully saturated rings.